The van der Waals surface area contributed by atoms with E-state index in [1.165, 1.54) is 0 Å². The molecule has 1 aromatic heterocycles. The van der Waals surface area contributed by atoms with E-state index in [9.17, 15) is 9.59 Å². The summed E-state index contributed by atoms with van der Waals surface area (Å²) in [7, 11) is 0. The molecule has 0 saturated carbocycles. The van der Waals surface area contributed by atoms with Crippen molar-refractivity contribution in [1.82, 2.24) is 5.16 Å². The zero-order valence-electron chi connectivity index (χ0n) is 17.2. The first-order chi connectivity index (χ1) is 15.6. The first-order valence-electron chi connectivity index (χ1n) is 10.2. The Hall–Kier alpha value is -4.39. The van der Waals surface area contributed by atoms with Gasteiger partial charge in [0.1, 0.15) is 5.75 Å². The fourth-order valence-corrected chi connectivity index (χ4v) is 3.63. The zero-order valence-corrected chi connectivity index (χ0v) is 17.2. The normalized spacial score (nSPS) is 12.4. The van der Waals surface area contributed by atoms with Crippen molar-refractivity contribution in [2.75, 3.05) is 16.8 Å². The molecule has 2 heterocycles. The molecule has 0 unspecified atom stereocenters. The average Bonchev–Trinajstić information content (AvgIpc) is 3.28. The van der Waals surface area contributed by atoms with Crippen LogP contribution in [-0.2, 0) is 0 Å². The van der Waals surface area contributed by atoms with Gasteiger partial charge < -0.3 is 19.5 Å². The van der Waals surface area contributed by atoms with Gasteiger partial charge in [0, 0.05) is 23.9 Å². The van der Waals surface area contributed by atoms with Gasteiger partial charge in [-0.15, -0.1) is 0 Å². The summed E-state index contributed by atoms with van der Waals surface area (Å²) in [5.41, 5.74) is 2.50. The van der Waals surface area contributed by atoms with Gasteiger partial charge >= 0.3 is 0 Å². The molecule has 0 atom stereocenters. The van der Waals surface area contributed by atoms with Crippen molar-refractivity contribution in [3.05, 3.63) is 90.1 Å². The molecule has 0 bridgehead atoms. The van der Waals surface area contributed by atoms with E-state index in [2.05, 4.69) is 10.5 Å². The summed E-state index contributed by atoms with van der Waals surface area (Å²) in [5.74, 6) is 0.904. The molecule has 0 spiro atoms. The van der Waals surface area contributed by atoms with E-state index in [4.69, 9.17) is 9.26 Å². The van der Waals surface area contributed by atoms with Gasteiger partial charge in [-0.3, -0.25) is 9.59 Å². The van der Waals surface area contributed by atoms with Gasteiger partial charge in [0.2, 0.25) is 0 Å². The fourth-order valence-electron chi connectivity index (χ4n) is 3.63. The molecule has 0 radical (unpaired) electrons. The molecule has 1 N–H and O–H groups in total. The van der Waals surface area contributed by atoms with Gasteiger partial charge in [-0.2, -0.15) is 0 Å². The fraction of sp³-hybridized carbons (Fsp3) is 0.0800. The van der Waals surface area contributed by atoms with Crippen LogP contribution >= 0.6 is 0 Å². The third-order valence-corrected chi connectivity index (χ3v) is 5.21. The number of aromatic nitrogens is 1. The van der Waals surface area contributed by atoms with Crippen molar-refractivity contribution in [3.63, 3.8) is 0 Å². The van der Waals surface area contributed by atoms with Crippen molar-refractivity contribution in [2.24, 2.45) is 0 Å². The Morgan fingerprint density at radius 3 is 2.56 bits per heavy atom. The highest BCUT2D eigenvalue weighted by molar-refractivity contribution is 6.11. The standard InChI is InChI=1S/C25H19N3O4/c1-2-28-20-10-6-7-11-22(20)31-21-13-12-17(14-18(21)25(28)30)26-24(29)19-15-23(32-27-19)16-8-4-3-5-9-16/h3-15H,2H2,1H3,(H,26,29). The van der Waals surface area contributed by atoms with Crippen LogP contribution in [0.2, 0.25) is 0 Å². The predicted molar refractivity (Wildman–Crippen MR) is 120 cm³/mol. The Labute approximate surface area is 184 Å². The quantitative estimate of drug-likeness (QED) is 0.475. The lowest BCUT2D eigenvalue weighted by molar-refractivity contribution is 0.0985. The summed E-state index contributed by atoms with van der Waals surface area (Å²) >= 11 is 0. The molecule has 7 nitrogen and oxygen atoms in total. The van der Waals surface area contributed by atoms with Gasteiger partial charge in [0.25, 0.3) is 11.8 Å². The molecule has 7 heteroatoms. The van der Waals surface area contributed by atoms with Crippen LogP contribution in [0, 0.1) is 0 Å². The van der Waals surface area contributed by atoms with Crippen LogP contribution in [0.1, 0.15) is 27.8 Å². The predicted octanol–water partition coefficient (Wildman–Crippen LogP) is 5.37. The number of hydrogen-bond donors (Lipinski definition) is 1. The maximum atomic E-state index is 13.2. The Morgan fingerprint density at radius 2 is 1.75 bits per heavy atom. The minimum Gasteiger partial charge on any atom is -0.454 e. The topological polar surface area (TPSA) is 84.7 Å². The second-order valence-corrected chi connectivity index (χ2v) is 7.23. The van der Waals surface area contributed by atoms with Crippen LogP contribution in [0.3, 0.4) is 0 Å². The van der Waals surface area contributed by atoms with Crippen LogP contribution < -0.4 is 15.0 Å². The van der Waals surface area contributed by atoms with Crippen molar-refractivity contribution < 1.29 is 18.8 Å². The first-order valence-corrected chi connectivity index (χ1v) is 10.2. The minimum absolute atomic E-state index is 0.143. The Balaban J connectivity index is 1.41. The summed E-state index contributed by atoms with van der Waals surface area (Å²) in [4.78, 5) is 27.6. The lowest BCUT2D eigenvalue weighted by Gasteiger charge is -2.19. The molecule has 32 heavy (non-hydrogen) atoms. The molecule has 0 fully saturated rings. The van der Waals surface area contributed by atoms with Crippen LogP contribution in [0.15, 0.2) is 83.4 Å². The molecule has 158 valence electrons. The number of benzene rings is 3. The van der Waals surface area contributed by atoms with E-state index < -0.39 is 5.91 Å². The smallest absolute Gasteiger partial charge is 0.277 e. The molecule has 0 aliphatic carbocycles. The molecular weight excluding hydrogens is 406 g/mol. The summed E-state index contributed by atoms with van der Waals surface area (Å²) in [5, 5.41) is 6.65. The second-order valence-electron chi connectivity index (χ2n) is 7.23. The number of para-hydroxylation sites is 2. The van der Waals surface area contributed by atoms with Crippen molar-refractivity contribution in [3.8, 4) is 22.8 Å². The van der Waals surface area contributed by atoms with E-state index in [1.807, 2.05) is 61.5 Å². The van der Waals surface area contributed by atoms with Crippen LogP contribution in [0.4, 0.5) is 11.4 Å². The molecule has 1 aliphatic heterocycles. The number of anilines is 2. The SMILES string of the molecule is CCN1C(=O)c2cc(NC(=O)c3cc(-c4ccccc4)on3)ccc2Oc2ccccc21. The monoisotopic (exact) mass is 425 g/mol. The molecule has 0 saturated heterocycles. The number of nitrogens with zero attached hydrogens (tertiary/aromatic N) is 2. The van der Waals surface area contributed by atoms with Crippen LogP contribution in [0.25, 0.3) is 11.3 Å². The van der Waals surface area contributed by atoms with E-state index in [0.717, 1.165) is 5.56 Å². The van der Waals surface area contributed by atoms with Gasteiger partial charge in [0.15, 0.2) is 17.2 Å². The van der Waals surface area contributed by atoms with Crippen LogP contribution in [-0.4, -0.2) is 23.5 Å². The Bertz CT molecular complexity index is 1310. The highest BCUT2D eigenvalue weighted by Gasteiger charge is 2.27. The van der Waals surface area contributed by atoms with Crippen molar-refractivity contribution in [2.45, 2.75) is 6.92 Å². The maximum Gasteiger partial charge on any atom is 0.277 e. The van der Waals surface area contributed by atoms with E-state index in [-0.39, 0.29) is 11.6 Å². The number of carbonyl (C=O) groups excluding carboxylic acids is 2. The van der Waals surface area contributed by atoms with E-state index >= 15 is 0 Å². The Morgan fingerprint density at radius 1 is 0.969 bits per heavy atom. The number of amides is 2. The summed E-state index contributed by atoms with van der Waals surface area (Å²) < 4.78 is 11.3. The zero-order chi connectivity index (χ0) is 22.1. The molecule has 2 amide bonds. The van der Waals surface area contributed by atoms with Crippen LogP contribution in [0.5, 0.6) is 11.5 Å². The molecule has 1 aliphatic rings. The van der Waals surface area contributed by atoms with Gasteiger partial charge in [0.05, 0.1) is 11.3 Å². The highest BCUT2D eigenvalue weighted by atomic mass is 16.5. The number of nitrogens with one attached hydrogen (secondary N) is 1. The third-order valence-electron chi connectivity index (χ3n) is 5.21. The number of fused-ring (bicyclic) bond motifs is 2. The summed E-state index contributed by atoms with van der Waals surface area (Å²) in [6.07, 6.45) is 0. The molecular formula is C25H19N3O4. The average molecular weight is 425 g/mol. The highest BCUT2D eigenvalue weighted by Crippen LogP contribution is 2.39. The lowest BCUT2D eigenvalue weighted by atomic mass is 10.1. The number of carbonyl (C=O) groups is 2. The maximum absolute atomic E-state index is 13.2. The van der Waals surface area contributed by atoms with Gasteiger partial charge in [-0.25, -0.2) is 0 Å². The third kappa shape index (κ3) is 3.50. The van der Waals surface area contributed by atoms with E-state index in [1.54, 1.807) is 29.2 Å². The van der Waals surface area contributed by atoms with Gasteiger partial charge in [-0.1, -0.05) is 47.6 Å². The lowest BCUT2D eigenvalue weighted by Crippen LogP contribution is -2.29. The van der Waals surface area contributed by atoms with Gasteiger partial charge in [-0.05, 0) is 37.3 Å². The number of ether oxygens (including phenoxy) is 1. The summed E-state index contributed by atoms with van der Waals surface area (Å²) in [6.45, 7) is 2.39. The first kappa shape index (κ1) is 19.6. The van der Waals surface area contributed by atoms with Crippen molar-refractivity contribution in [1.29, 1.82) is 0 Å². The minimum atomic E-state index is -0.437. The van der Waals surface area contributed by atoms with Crippen molar-refractivity contribution >= 4 is 23.2 Å². The summed E-state index contributed by atoms with van der Waals surface area (Å²) in [6, 6.07) is 23.4. The second kappa shape index (κ2) is 8.03. The molecule has 3 aromatic carbocycles. The number of hydrogen-bond acceptors (Lipinski definition) is 5. The Kier molecular flexibility index (Phi) is 4.91. The molecule has 5 rings (SSSR count). The number of rotatable bonds is 4. The van der Waals surface area contributed by atoms with E-state index in [0.29, 0.717) is 40.7 Å². The molecule has 4 aromatic rings. The largest absolute Gasteiger partial charge is 0.454 e.